The number of aromatic nitrogens is 3. The first-order valence-corrected chi connectivity index (χ1v) is 11.3. The summed E-state index contributed by atoms with van der Waals surface area (Å²) in [5, 5.41) is 8.50. The fraction of sp³-hybridized carbons (Fsp3) is 0.364. The van der Waals surface area contributed by atoms with Crippen molar-refractivity contribution in [3.63, 3.8) is 0 Å². The van der Waals surface area contributed by atoms with Gasteiger partial charge in [-0.05, 0) is 29.5 Å². The summed E-state index contributed by atoms with van der Waals surface area (Å²) in [5.41, 5.74) is 2.90. The maximum Gasteiger partial charge on any atom is 0.243 e. The van der Waals surface area contributed by atoms with Crippen LogP contribution in [0.2, 0.25) is 0 Å². The molecule has 1 unspecified atom stereocenters. The lowest BCUT2D eigenvalue weighted by molar-refractivity contribution is 0.428. The average Bonchev–Trinajstić information content (AvgIpc) is 3.38. The van der Waals surface area contributed by atoms with Crippen LogP contribution < -0.4 is 0 Å². The molecule has 0 radical (unpaired) electrons. The lowest BCUT2D eigenvalue weighted by atomic mass is 9.87. The molecule has 0 aliphatic carbocycles. The fourth-order valence-electron chi connectivity index (χ4n) is 3.62. The number of benzene rings is 2. The zero-order valence-corrected chi connectivity index (χ0v) is 17.8. The molecule has 4 rings (SSSR count). The maximum absolute atomic E-state index is 13.1. The molecule has 1 aliphatic heterocycles. The molecule has 1 aliphatic rings. The topological polar surface area (TPSA) is 68.1 Å². The predicted molar refractivity (Wildman–Crippen MR) is 113 cm³/mol. The van der Waals surface area contributed by atoms with Gasteiger partial charge in [-0.1, -0.05) is 68.4 Å². The van der Waals surface area contributed by atoms with Gasteiger partial charge in [-0.15, -0.1) is 5.10 Å². The fourth-order valence-corrected chi connectivity index (χ4v) is 5.11. The first-order valence-electron chi connectivity index (χ1n) is 9.83. The molecule has 0 spiro atoms. The van der Waals surface area contributed by atoms with Gasteiger partial charge in [0, 0.05) is 18.7 Å². The third kappa shape index (κ3) is 3.97. The van der Waals surface area contributed by atoms with E-state index in [1.807, 2.05) is 48.7 Å². The summed E-state index contributed by atoms with van der Waals surface area (Å²) in [6.45, 7) is 7.23. The van der Waals surface area contributed by atoms with Crippen molar-refractivity contribution in [3.05, 3.63) is 66.4 Å². The van der Waals surface area contributed by atoms with Crippen LogP contribution in [0.15, 0.2) is 65.7 Å². The lowest BCUT2D eigenvalue weighted by Gasteiger charge is -2.20. The smallest absolute Gasteiger partial charge is 0.243 e. The van der Waals surface area contributed by atoms with Crippen LogP contribution >= 0.6 is 0 Å². The first kappa shape index (κ1) is 19.8. The number of nitrogens with zero attached hydrogens (tertiary/aromatic N) is 4. The summed E-state index contributed by atoms with van der Waals surface area (Å²) in [4.78, 5) is 0.342. The van der Waals surface area contributed by atoms with Crippen LogP contribution in [-0.2, 0) is 15.4 Å². The Balaban J connectivity index is 1.50. The average molecular weight is 411 g/mol. The first-order chi connectivity index (χ1) is 13.7. The largest absolute Gasteiger partial charge is 0.247 e. The monoisotopic (exact) mass is 410 g/mol. The molecule has 7 heteroatoms. The van der Waals surface area contributed by atoms with E-state index in [1.165, 1.54) is 0 Å². The van der Waals surface area contributed by atoms with E-state index in [4.69, 9.17) is 0 Å². The molecule has 3 aromatic rings. The highest BCUT2D eigenvalue weighted by atomic mass is 32.2. The summed E-state index contributed by atoms with van der Waals surface area (Å²) in [6.07, 6.45) is 2.62. The molecule has 1 saturated heterocycles. The molecule has 0 bridgehead atoms. The highest BCUT2D eigenvalue weighted by Gasteiger charge is 2.34. The molecule has 0 amide bonds. The van der Waals surface area contributed by atoms with Gasteiger partial charge in [0.1, 0.15) is 5.69 Å². The van der Waals surface area contributed by atoms with Crippen molar-refractivity contribution in [2.45, 2.75) is 43.5 Å². The highest BCUT2D eigenvalue weighted by molar-refractivity contribution is 7.89. The molecule has 0 saturated carbocycles. The number of hydrogen-bond donors (Lipinski definition) is 0. The molecule has 1 atom stereocenters. The third-order valence-corrected chi connectivity index (χ3v) is 7.32. The zero-order chi connectivity index (χ0) is 20.6. The van der Waals surface area contributed by atoms with E-state index in [0.29, 0.717) is 18.0 Å². The Hall–Kier alpha value is -2.51. The van der Waals surface area contributed by atoms with Crippen LogP contribution in [0, 0.1) is 0 Å². The summed E-state index contributed by atoms with van der Waals surface area (Å²) in [7, 11) is -3.52. The van der Waals surface area contributed by atoms with Crippen molar-refractivity contribution in [2.75, 3.05) is 13.1 Å². The van der Waals surface area contributed by atoms with Crippen molar-refractivity contribution in [2.24, 2.45) is 0 Å². The van der Waals surface area contributed by atoms with Gasteiger partial charge >= 0.3 is 0 Å². The van der Waals surface area contributed by atoms with Gasteiger partial charge in [0.25, 0.3) is 0 Å². The SMILES string of the molecule is CC(C)(C)c1ccc(S(=O)(=O)N2CCC(n3cc(-c4ccccc4)nn3)C2)cc1. The Bertz CT molecular complexity index is 1080. The summed E-state index contributed by atoms with van der Waals surface area (Å²) < 4.78 is 29.5. The van der Waals surface area contributed by atoms with Crippen molar-refractivity contribution in [3.8, 4) is 11.3 Å². The van der Waals surface area contributed by atoms with Crippen molar-refractivity contribution in [1.82, 2.24) is 19.3 Å². The molecule has 1 aromatic heterocycles. The van der Waals surface area contributed by atoms with Gasteiger partial charge in [0.2, 0.25) is 10.0 Å². The zero-order valence-electron chi connectivity index (χ0n) is 17.0. The van der Waals surface area contributed by atoms with Crippen LogP contribution in [0.25, 0.3) is 11.3 Å². The van der Waals surface area contributed by atoms with E-state index in [-0.39, 0.29) is 11.5 Å². The second kappa shape index (κ2) is 7.39. The highest BCUT2D eigenvalue weighted by Crippen LogP contribution is 2.29. The van der Waals surface area contributed by atoms with Crippen molar-refractivity contribution >= 4 is 10.0 Å². The van der Waals surface area contributed by atoms with Gasteiger partial charge in [0.05, 0.1) is 17.1 Å². The number of sulfonamides is 1. The van der Waals surface area contributed by atoms with Crippen molar-refractivity contribution < 1.29 is 8.42 Å². The Morgan fingerprint density at radius 3 is 2.34 bits per heavy atom. The van der Waals surface area contributed by atoms with Gasteiger partial charge in [0.15, 0.2) is 0 Å². The molecule has 6 nitrogen and oxygen atoms in total. The molecule has 2 heterocycles. The minimum Gasteiger partial charge on any atom is -0.247 e. The second-order valence-corrected chi connectivity index (χ2v) is 10.5. The molecule has 29 heavy (non-hydrogen) atoms. The van der Waals surface area contributed by atoms with Crippen LogP contribution in [0.3, 0.4) is 0 Å². The van der Waals surface area contributed by atoms with Crippen LogP contribution in [0.4, 0.5) is 0 Å². The normalized spacial score (nSPS) is 18.2. The van der Waals surface area contributed by atoms with E-state index in [2.05, 4.69) is 31.1 Å². The molecular formula is C22H26N4O2S. The summed E-state index contributed by atoms with van der Waals surface area (Å²) in [5.74, 6) is 0. The van der Waals surface area contributed by atoms with E-state index < -0.39 is 10.0 Å². The minimum absolute atomic E-state index is 0.00934. The molecule has 2 aromatic carbocycles. The number of rotatable bonds is 4. The second-order valence-electron chi connectivity index (χ2n) is 8.53. The minimum atomic E-state index is -3.52. The number of hydrogen-bond acceptors (Lipinski definition) is 4. The molecule has 1 fully saturated rings. The van der Waals surface area contributed by atoms with Crippen LogP contribution in [0.5, 0.6) is 0 Å². The van der Waals surface area contributed by atoms with Crippen LogP contribution in [-0.4, -0.2) is 40.8 Å². The Morgan fingerprint density at radius 1 is 1.00 bits per heavy atom. The standard InChI is InChI=1S/C22H26N4O2S/c1-22(2,3)18-9-11-20(12-10-18)29(27,28)25-14-13-19(15-25)26-16-21(23-24-26)17-7-5-4-6-8-17/h4-12,16,19H,13-15H2,1-3H3. The summed E-state index contributed by atoms with van der Waals surface area (Å²) >= 11 is 0. The van der Waals surface area contributed by atoms with Gasteiger partial charge < -0.3 is 0 Å². The molecule has 152 valence electrons. The Kier molecular flexibility index (Phi) is 5.04. The third-order valence-electron chi connectivity index (χ3n) is 5.44. The van der Waals surface area contributed by atoms with E-state index in [1.54, 1.807) is 21.1 Å². The maximum atomic E-state index is 13.1. The molecule has 0 N–H and O–H groups in total. The van der Waals surface area contributed by atoms with E-state index >= 15 is 0 Å². The Morgan fingerprint density at radius 2 is 1.69 bits per heavy atom. The summed E-state index contributed by atoms with van der Waals surface area (Å²) in [6, 6.07) is 17.1. The van der Waals surface area contributed by atoms with Gasteiger partial charge in [-0.2, -0.15) is 4.31 Å². The van der Waals surface area contributed by atoms with Gasteiger partial charge in [-0.25, -0.2) is 13.1 Å². The quantitative estimate of drug-likeness (QED) is 0.655. The van der Waals surface area contributed by atoms with Crippen molar-refractivity contribution in [1.29, 1.82) is 0 Å². The van der Waals surface area contributed by atoms with E-state index in [9.17, 15) is 8.42 Å². The van der Waals surface area contributed by atoms with E-state index in [0.717, 1.165) is 23.2 Å². The Labute approximate surface area is 172 Å². The lowest BCUT2D eigenvalue weighted by Crippen LogP contribution is -2.29. The van der Waals surface area contributed by atoms with Gasteiger partial charge in [-0.3, -0.25) is 0 Å². The molecular weight excluding hydrogens is 384 g/mol. The predicted octanol–water partition coefficient (Wildman–Crippen LogP) is 3.88. The van der Waals surface area contributed by atoms with Crippen LogP contribution in [0.1, 0.15) is 38.8 Å².